The summed E-state index contributed by atoms with van der Waals surface area (Å²) in [5.41, 5.74) is 6.32. The highest BCUT2D eigenvalue weighted by Gasteiger charge is 2.42. The number of carbonyl (C=O) groups excluding carboxylic acids is 1. The molecular weight excluding hydrogens is 454 g/mol. The summed E-state index contributed by atoms with van der Waals surface area (Å²) in [6, 6.07) is 4.67. The summed E-state index contributed by atoms with van der Waals surface area (Å²) in [6.45, 7) is 9.73. The molecule has 1 aromatic carbocycles. The number of hydrogen-bond acceptors (Lipinski definition) is 7. The number of fused-ring (bicyclic) bond motifs is 2. The Bertz CT molecular complexity index is 1150. The van der Waals surface area contributed by atoms with Gasteiger partial charge in [-0.15, -0.1) is 0 Å². The van der Waals surface area contributed by atoms with Gasteiger partial charge in [-0.1, -0.05) is 6.08 Å². The molecule has 5 heterocycles. The molecule has 0 bridgehead atoms. The Kier molecular flexibility index (Phi) is 6.24. The summed E-state index contributed by atoms with van der Waals surface area (Å²) in [5, 5.41) is 7.01. The van der Waals surface area contributed by atoms with Gasteiger partial charge in [-0.3, -0.25) is 4.79 Å². The number of carbonyl (C=O) groups is 1. The Morgan fingerprint density at radius 3 is 2.94 bits per heavy atom. The van der Waals surface area contributed by atoms with Gasteiger partial charge in [0.2, 0.25) is 0 Å². The third-order valence-electron chi connectivity index (χ3n) is 8.03. The number of amidine groups is 1. The summed E-state index contributed by atoms with van der Waals surface area (Å²) in [7, 11) is 2.11. The molecule has 2 saturated heterocycles. The van der Waals surface area contributed by atoms with Gasteiger partial charge in [0.05, 0.1) is 31.1 Å². The van der Waals surface area contributed by atoms with Gasteiger partial charge in [0.15, 0.2) is 5.60 Å². The van der Waals surface area contributed by atoms with Gasteiger partial charge in [-0.25, -0.2) is 4.99 Å². The molecule has 36 heavy (non-hydrogen) atoms. The number of morpholine rings is 2. The lowest BCUT2D eigenvalue weighted by atomic mass is 9.87. The largest absolute Gasteiger partial charge is 0.378 e. The SMILES string of the molecule is C[C@@H]1CNC[C@](C)(C(=O)N2CCc3cc(C4=CC5=CCCN(C)C5=N4)cc([C@@H]4COCCN4)c3C2)O1. The first-order valence-electron chi connectivity index (χ1n) is 13.3. The summed E-state index contributed by atoms with van der Waals surface area (Å²) >= 11 is 0. The van der Waals surface area contributed by atoms with Crippen molar-refractivity contribution >= 4 is 17.4 Å². The number of likely N-dealkylation sites (N-methyl/N-ethyl adjacent to an activating group) is 1. The highest BCUT2D eigenvalue weighted by molar-refractivity contribution is 6.09. The van der Waals surface area contributed by atoms with E-state index in [2.05, 4.69) is 46.9 Å². The minimum Gasteiger partial charge on any atom is -0.378 e. The third kappa shape index (κ3) is 4.30. The molecule has 1 aromatic rings. The van der Waals surface area contributed by atoms with Crippen LogP contribution in [0.25, 0.3) is 5.70 Å². The van der Waals surface area contributed by atoms with Crippen LogP contribution in [0.5, 0.6) is 0 Å². The van der Waals surface area contributed by atoms with Gasteiger partial charge in [-0.05, 0) is 61.6 Å². The van der Waals surface area contributed by atoms with E-state index in [0.717, 1.165) is 56.2 Å². The second kappa shape index (κ2) is 9.41. The molecule has 6 rings (SSSR count). The molecule has 0 aliphatic carbocycles. The van der Waals surface area contributed by atoms with Crippen molar-refractivity contribution in [2.24, 2.45) is 4.99 Å². The van der Waals surface area contributed by atoms with E-state index in [9.17, 15) is 4.79 Å². The number of ether oxygens (including phenoxy) is 2. The monoisotopic (exact) mass is 491 g/mol. The fourth-order valence-electron chi connectivity index (χ4n) is 6.14. The van der Waals surface area contributed by atoms with Crippen LogP contribution in [0.3, 0.4) is 0 Å². The molecule has 8 heteroatoms. The second-order valence-electron chi connectivity index (χ2n) is 10.9. The van der Waals surface area contributed by atoms with Crippen molar-refractivity contribution in [3.05, 3.63) is 52.1 Å². The van der Waals surface area contributed by atoms with Crippen LogP contribution >= 0.6 is 0 Å². The number of nitrogens with zero attached hydrogens (tertiary/aromatic N) is 3. The van der Waals surface area contributed by atoms with Crippen molar-refractivity contribution in [1.29, 1.82) is 0 Å². The van der Waals surface area contributed by atoms with Crippen molar-refractivity contribution in [2.75, 3.05) is 53.0 Å². The molecule has 0 saturated carbocycles. The normalized spacial score (nSPS) is 30.2. The van der Waals surface area contributed by atoms with Crippen LogP contribution in [-0.4, -0.2) is 86.2 Å². The first-order chi connectivity index (χ1) is 17.4. The highest BCUT2D eigenvalue weighted by atomic mass is 16.5. The molecule has 5 aliphatic heterocycles. The van der Waals surface area contributed by atoms with Crippen LogP contribution in [-0.2, 0) is 27.2 Å². The Labute approximate surface area is 213 Å². The third-order valence-corrected chi connectivity index (χ3v) is 8.03. The van der Waals surface area contributed by atoms with Crippen LogP contribution in [0.2, 0.25) is 0 Å². The Morgan fingerprint density at radius 1 is 1.28 bits per heavy atom. The quantitative estimate of drug-likeness (QED) is 0.674. The fourth-order valence-corrected chi connectivity index (χ4v) is 6.14. The maximum atomic E-state index is 13.7. The van der Waals surface area contributed by atoms with Crippen molar-refractivity contribution in [1.82, 2.24) is 20.4 Å². The van der Waals surface area contributed by atoms with E-state index in [0.29, 0.717) is 26.2 Å². The number of amides is 1. The first kappa shape index (κ1) is 23.9. The molecule has 192 valence electrons. The lowest BCUT2D eigenvalue weighted by Gasteiger charge is -2.42. The molecular formula is C28H37N5O3. The van der Waals surface area contributed by atoms with Crippen molar-refractivity contribution < 1.29 is 14.3 Å². The number of nitrogens with one attached hydrogen (secondary N) is 2. The molecule has 2 fully saturated rings. The average Bonchev–Trinajstić information content (AvgIpc) is 3.34. The van der Waals surface area contributed by atoms with Gasteiger partial charge in [-0.2, -0.15) is 0 Å². The Balaban J connectivity index is 1.34. The predicted molar refractivity (Wildman–Crippen MR) is 140 cm³/mol. The van der Waals surface area contributed by atoms with E-state index in [-0.39, 0.29) is 18.1 Å². The maximum Gasteiger partial charge on any atom is 0.256 e. The van der Waals surface area contributed by atoms with Gasteiger partial charge < -0.3 is 29.9 Å². The number of benzene rings is 1. The van der Waals surface area contributed by atoms with Crippen molar-refractivity contribution in [3.8, 4) is 0 Å². The fraction of sp³-hybridized carbons (Fsp3) is 0.571. The summed E-state index contributed by atoms with van der Waals surface area (Å²) < 4.78 is 12.0. The van der Waals surface area contributed by atoms with E-state index in [4.69, 9.17) is 14.5 Å². The molecule has 5 aliphatic rings. The van der Waals surface area contributed by atoms with Gasteiger partial charge in [0.1, 0.15) is 5.84 Å². The molecule has 8 nitrogen and oxygen atoms in total. The zero-order valence-electron chi connectivity index (χ0n) is 21.6. The van der Waals surface area contributed by atoms with Crippen LogP contribution < -0.4 is 10.6 Å². The zero-order valence-corrected chi connectivity index (χ0v) is 21.6. The smallest absolute Gasteiger partial charge is 0.256 e. The van der Waals surface area contributed by atoms with Crippen LogP contribution in [0.15, 0.2) is 34.9 Å². The number of hydrogen-bond donors (Lipinski definition) is 2. The lowest BCUT2D eigenvalue weighted by molar-refractivity contribution is -0.168. The first-order valence-corrected chi connectivity index (χ1v) is 13.3. The molecule has 0 aromatic heterocycles. The van der Waals surface area contributed by atoms with Crippen molar-refractivity contribution in [2.45, 2.75) is 51.0 Å². The minimum atomic E-state index is -0.831. The molecule has 0 spiro atoms. The Hall–Kier alpha value is -2.52. The molecule has 3 atom stereocenters. The molecule has 0 unspecified atom stereocenters. The van der Waals surface area contributed by atoms with Crippen molar-refractivity contribution in [3.63, 3.8) is 0 Å². The molecule has 2 N–H and O–H groups in total. The van der Waals surface area contributed by atoms with Crippen LogP contribution in [0, 0.1) is 0 Å². The van der Waals surface area contributed by atoms with E-state index >= 15 is 0 Å². The standard InChI is InChI=1S/C28H37N5O3/c1-18-14-29-17-28(2,36-18)27(34)33-9-6-19-11-21(24-13-20-5-4-8-32(3)26(20)31-24)12-22(23(19)15-33)25-16-35-10-7-30-25/h5,11-13,18,25,29-30H,4,6-10,14-17H2,1-3H3/t18-,25+,28-/m1/s1. The molecule has 0 radical (unpaired) electrons. The van der Waals surface area contributed by atoms with E-state index in [1.807, 2.05) is 18.7 Å². The minimum absolute atomic E-state index is 0.0191. The van der Waals surface area contributed by atoms with Gasteiger partial charge in [0, 0.05) is 57.5 Å². The topological polar surface area (TPSA) is 78.4 Å². The number of rotatable bonds is 3. The van der Waals surface area contributed by atoms with Crippen LogP contribution in [0.4, 0.5) is 0 Å². The maximum absolute atomic E-state index is 13.7. The summed E-state index contributed by atoms with van der Waals surface area (Å²) in [5.74, 6) is 1.13. The second-order valence-corrected chi connectivity index (χ2v) is 10.9. The Morgan fingerprint density at radius 2 is 2.17 bits per heavy atom. The van der Waals surface area contributed by atoms with E-state index in [1.165, 1.54) is 22.3 Å². The highest BCUT2D eigenvalue weighted by Crippen LogP contribution is 2.36. The average molecular weight is 492 g/mol. The molecule has 1 amide bonds. The van der Waals surface area contributed by atoms with Crippen LogP contribution in [0.1, 0.15) is 48.6 Å². The van der Waals surface area contributed by atoms with Gasteiger partial charge in [0.25, 0.3) is 5.91 Å². The summed E-state index contributed by atoms with van der Waals surface area (Å²) in [4.78, 5) is 22.9. The number of aliphatic imine (C=N–C) groups is 1. The van der Waals surface area contributed by atoms with Gasteiger partial charge >= 0.3 is 0 Å². The zero-order chi connectivity index (χ0) is 24.9. The lowest BCUT2D eigenvalue weighted by Crippen LogP contribution is -2.60. The predicted octanol–water partition coefficient (Wildman–Crippen LogP) is 2.01. The van der Waals surface area contributed by atoms with E-state index in [1.54, 1.807) is 0 Å². The summed E-state index contributed by atoms with van der Waals surface area (Å²) in [6.07, 6.45) is 6.39. The van der Waals surface area contributed by atoms with E-state index < -0.39 is 5.60 Å².